The summed E-state index contributed by atoms with van der Waals surface area (Å²) in [6, 6.07) is 4.03. The molecule has 12 heteroatoms. The van der Waals surface area contributed by atoms with Gasteiger partial charge in [-0.1, -0.05) is 0 Å². The minimum atomic E-state index is -4.61. The molecule has 0 radical (unpaired) electrons. The Hall–Kier alpha value is -3.41. The van der Waals surface area contributed by atoms with Gasteiger partial charge in [-0.05, 0) is 37.4 Å². The second kappa shape index (κ2) is 8.38. The van der Waals surface area contributed by atoms with Crippen LogP contribution in [0.1, 0.15) is 11.4 Å². The van der Waals surface area contributed by atoms with Crippen LogP contribution in [0.15, 0.2) is 35.1 Å². The molecule has 2 aromatic carbocycles. The minimum Gasteiger partial charge on any atom is -0.322 e. The van der Waals surface area contributed by atoms with Crippen molar-refractivity contribution in [3.05, 3.63) is 69.5 Å². The summed E-state index contributed by atoms with van der Waals surface area (Å²) < 4.78 is 78.5. The zero-order chi connectivity index (χ0) is 22.9. The van der Waals surface area contributed by atoms with Gasteiger partial charge in [-0.15, -0.1) is 0 Å². The number of hydrogen-bond donors (Lipinski definition) is 2. The molecule has 0 saturated carbocycles. The van der Waals surface area contributed by atoms with E-state index in [-0.39, 0.29) is 29.8 Å². The monoisotopic (exact) mass is 444 g/mol. The van der Waals surface area contributed by atoms with Gasteiger partial charge in [0.15, 0.2) is 17.5 Å². The minimum absolute atomic E-state index is 0.00821. The number of likely N-dealkylation sites (N-methyl/N-ethyl adjacent to an activating group) is 1. The Morgan fingerprint density at radius 2 is 1.84 bits per heavy atom. The van der Waals surface area contributed by atoms with Gasteiger partial charge < -0.3 is 10.3 Å². The zero-order valence-corrected chi connectivity index (χ0v) is 15.8. The molecule has 0 aliphatic rings. The highest BCUT2D eigenvalue weighted by molar-refractivity contribution is 5.92. The van der Waals surface area contributed by atoms with Gasteiger partial charge in [0.25, 0.3) is 5.56 Å². The smallest absolute Gasteiger partial charge is 0.322 e. The van der Waals surface area contributed by atoms with Crippen LogP contribution >= 0.6 is 0 Å². The molecule has 31 heavy (non-hydrogen) atoms. The topological polar surface area (TPSA) is 78.1 Å². The van der Waals surface area contributed by atoms with E-state index < -0.39 is 46.3 Å². The third-order valence-corrected chi connectivity index (χ3v) is 4.23. The molecule has 0 saturated heterocycles. The van der Waals surface area contributed by atoms with E-state index >= 15 is 0 Å². The van der Waals surface area contributed by atoms with Crippen molar-refractivity contribution < 1.29 is 31.1 Å². The molecule has 2 N–H and O–H groups in total. The third-order valence-electron chi connectivity index (χ3n) is 4.23. The number of alkyl halides is 3. The quantitative estimate of drug-likeness (QED) is 0.467. The average Bonchev–Trinajstić information content (AvgIpc) is 2.67. The van der Waals surface area contributed by atoms with Crippen LogP contribution in [0, 0.1) is 17.5 Å². The average molecular weight is 444 g/mol. The summed E-state index contributed by atoms with van der Waals surface area (Å²) >= 11 is 0. The largest absolute Gasteiger partial charge is 0.416 e. The molecule has 164 valence electrons. The van der Waals surface area contributed by atoms with Gasteiger partial charge in [-0.25, -0.2) is 18.2 Å². The molecule has 0 aliphatic heterocycles. The van der Waals surface area contributed by atoms with Crippen molar-refractivity contribution >= 4 is 22.5 Å². The molecular weight excluding hydrogens is 430 g/mol. The molecule has 1 heterocycles. The maximum atomic E-state index is 13.6. The fourth-order valence-corrected chi connectivity index (χ4v) is 2.81. The van der Waals surface area contributed by atoms with Crippen LogP contribution in [-0.2, 0) is 17.5 Å². The van der Waals surface area contributed by atoms with Gasteiger partial charge in [-0.2, -0.15) is 13.2 Å². The number of H-pyrrole nitrogens is 1. The highest BCUT2D eigenvalue weighted by Gasteiger charge is 2.30. The van der Waals surface area contributed by atoms with E-state index in [0.29, 0.717) is 6.07 Å². The highest BCUT2D eigenvalue weighted by atomic mass is 19.4. The molecule has 0 unspecified atom stereocenters. The summed E-state index contributed by atoms with van der Waals surface area (Å²) in [6.07, 6.45) is -4.61. The van der Waals surface area contributed by atoms with Crippen molar-refractivity contribution in [2.45, 2.75) is 12.7 Å². The van der Waals surface area contributed by atoms with Crippen molar-refractivity contribution in [3.8, 4) is 0 Å². The maximum absolute atomic E-state index is 13.6. The lowest BCUT2D eigenvalue weighted by Gasteiger charge is -2.16. The van der Waals surface area contributed by atoms with Crippen LogP contribution < -0.4 is 10.9 Å². The van der Waals surface area contributed by atoms with Crippen LogP contribution in [0.3, 0.4) is 0 Å². The second-order valence-corrected chi connectivity index (χ2v) is 6.69. The molecule has 6 nitrogen and oxygen atoms in total. The molecule has 0 fully saturated rings. The van der Waals surface area contributed by atoms with Crippen molar-refractivity contribution in [3.63, 3.8) is 0 Å². The molecule has 1 amide bonds. The molecular formula is C19H14F6N4O2. The molecule has 0 bridgehead atoms. The Balaban J connectivity index is 1.74. The predicted octanol–water partition coefficient (Wildman–Crippen LogP) is 3.43. The number of aromatic amines is 1. The Labute approximate surface area is 170 Å². The van der Waals surface area contributed by atoms with Crippen molar-refractivity contribution in [2.75, 3.05) is 18.9 Å². The number of anilines is 1. The van der Waals surface area contributed by atoms with E-state index in [9.17, 15) is 35.9 Å². The Morgan fingerprint density at radius 1 is 1.13 bits per heavy atom. The number of nitrogens with zero attached hydrogens (tertiary/aromatic N) is 2. The summed E-state index contributed by atoms with van der Waals surface area (Å²) in [5.74, 6) is -5.49. The van der Waals surface area contributed by atoms with Gasteiger partial charge >= 0.3 is 6.18 Å². The summed E-state index contributed by atoms with van der Waals surface area (Å²) in [7, 11) is 1.43. The van der Waals surface area contributed by atoms with Crippen LogP contribution in [-0.4, -0.2) is 34.4 Å². The Kier molecular flexibility index (Phi) is 6.02. The maximum Gasteiger partial charge on any atom is 0.416 e. The lowest BCUT2D eigenvalue weighted by atomic mass is 10.1. The van der Waals surface area contributed by atoms with Gasteiger partial charge in [0.05, 0.1) is 35.2 Å². The van der Waals surface area contributed by atoms with Crippen LogP contribution in [0.25, 0.3) is 10.9 Å². The number of amides is 1. The normalized spacial score (nSPS) is 11.9. The molecule has 3 aromatic rings. The first-order valence-corrected chi connectivity index (χ1v) is 8.67. The molecule has 3 rings (SSSR count). The third kappa shape index (κ3) is 5.02. The molecule has 1 aromatic heterocycles. The standard InChI is InChI=1S/C19H14F6N4O2/c1-29(8-15(30)27-12-5-4-11(20)16(21)17(12)22)7-14-26-13-6-9(19(23,24)25)2-3-10(13)18(31)28-14/h2-6H,7-8H2,1H3,(H,27,30)(H,26,28,31). The second-order valence-electron chi connectivity index (χ2n) is 6.69. The lowest BCUT2D eigenvalue weighted by molar-refractivity contribution is -0.137. The lowest BCUT2D eigenvalue weighted by Crippen LogP contribution is -2.31. The number of aromatic nitrogens is 2. The number of hydrogen-bond acceptors (Lipinski definition) is 4. The zero-order valence-electron chi connectivity index (χ0n) is 15.8. The Morgan fingerprint density at radius 3 is 2.52 bits per heavy atom. The van der Waals surface area contributed by atoms with Crippen molar-refractivity contribution in [1.29, 1.82) is 0 Å². The van der Waals surface area contributed by atoms with Gasteiger partial charge in [0.2, 0.25) is 5.91 Å². The van der Waals surface area contributed by atoms with Crippen LogP contribution in [0.5, 0.6) is 0 Å². The number of halogens is 6. The Bertz CT molecular complexity index is 1210. The number of carbonyl (C=O) groups is 1. The number of carbonyl (C=O) groups excluding carboxylic acids is 1. The number of benzene rings is 2. The molecule has 0 spiro atoms. The summed E-state index contributed by atoms with van der Waals surface area (Å²) in [5.41, 5.74) is -2.36. The van der Waals surface area contributed by atoms with E-state index in [1.165, 1.54) is 11.9 Å². The predicted molar refractivity (Wildman–Crippen MR) is 98.6 cm³/mol. The first-order valence-electron chi connectivity index (χ1n) is 8.67. The van der Waals surface area contributed by atoms with E-state index in [1.807, 2.05) is 0 Å². The van der Waals surface area contributed by atoms with Gasteiger partial charge in [-0.3, -0.25) is 14.5 Å². The SMILES string of the molecule is CN(CC(=O)Nc1ccc(F)c(F)c1F)Cc1nc2cc(C(F)(F)F)ccc2c(=O)[nH]1. The van der Waals surface area contributed by atoms with E-state index in [4.69, 9.17) is 0 Å². The number of fused-ring (bicyclic) bond motifs is 1. The van der Waals surface area contributed by atoms with Crippen molar-refractivity contribution in [1.82, 2.24) is 14.9 Å². The van der Waals surface area contributed by atoms with Gasteiger partial charge in [0.1, 0.15) is 5.82 Å². The number of rotatable bonds is 5. The summed E-state index contributed by atoms with van der Waals surface area (Å²) in [6.45, 7) is -0.516. The van der Waals surface area contributed by atoms with E-state index in [2.05, 4.69) is 15.3 Å². The van der Waals surface area contributed by atoms with E-state index in [0.717, 1.165) is 24.3 Å². The molecule has 0 aliphatic carbocycles. The van der Waals surface area contributed by atoms with Crippen LogP contribution in [0.4, 0.5) is 32.0 Å². The summed E-state index contributed by atoms with van der Waals surface area (Å²) in [4.78, 5) is 31.9. The van der Waals surface area contributed by atoms with E-state index in [1.54, 1.807) is 0 Å². The summed E-state index contributed by atoms with van der Waals surface area (Å²) in [5, 5.41) is 2.04. The van der Waals surface area contributed by atoms with Crippen molar-refractivity contribution in [2.24, 2.45) is 0 Å². The molecule has 0 atom stereocenters. The highest BCUT2D eigenvalue weighted by Crippen LogP contribution is 2.30. The first kappa shape index (κ1) is 22.3. The fourth-order valence-electron chi connectivity index (χ4n) is 2.81. The fraction of sp³-hybridized carbons (Fsp3) is 0.211. The van der Waals surface area contributed by atoms with Gasteiger partial charge in [0, 0.05) is 0 Å². The van der Waals surface area contributed by atoms with Crippen LogP contribution in [0.2, 0.25) is 0 Å². The first-order chi connectivity index (χ1) is 14.5. The number of nitrogens with one attached hydrogen (secondary N) is 2.